The fourth-order valence-corrected chi connectivity index (χ4v) is 3.97. The van der Waals surface area contributed by atoms with Crippen molar-refractivity contribution in [3.05, 3.63) is 57.0 Å². The molecule has 1 fully saturated rings. The highest BCUT2D eigenvalue weighted by molar-refractivity contribution is 8.03. The van der Waals surface area contributed by atoms with Crippen LogP contribution in [0.5, 0.6) is 0 Å². The summed E-state index contributed by atoms with van der Waals surface area (Å²) in [5, 5.41) is 11.1. The number of nitrogens with two attached hydrogens (primary N) is 2. The second-order valence-electron chi connectivity index (χ2n) is 4.63. The smallest absolute Gasteiger partial charge is 0.124 e. The average molecular weight is 305 g/mol. The molecule has 102 valence electrons. The molecule has 1 saturated heterocycles. The van der Waals surface area contributed by atoms with Crippen LogP contribution in [0.1, 0.15) is 11.5 Å². The fraction of sp³-hybridized carbons (Fsp3) is 0.214. The van der Waals surface area contributed by atoms with Crippen LogP contribution in [0.3, 0.4) is 0 Å². The van der Waals surface area contributed by atoms with Crippen LogP contribution >= 0.6 is 23.4 Å². The van der Waals surface area contributed by atoms with Gasteiger partial charge in [-0.05, 0) is 11.6 Å². The molecule has 0 saturated carbocycles. The van der Waals surface area contributed by atoms with E-state index in [9.17, 15) is 5.26 Å². The van der Waals surface area contributed by atoms with Crippen molar-refractivity contribution >= 4 is 23.4 Å². The SMILES string of the molecule is N#CC1=C2SCCN2C(N)=C(N)C1c1ccccc1Cl. The zero-order valence-electron chi connectivity index (χ0n) is 10.6. The van der Waals surface area contributed by atoms with Gasteiger partial charge in [-0.25, -0.2) is 0 Å². The van der Waals surface area contributed by atoms with Crippen molar-refractivity contribution in [1.82, 2.24) is 4.90 Å². The molecule has 0 aliphatic carbocycles. The zero-order chi connectivity index (χ0) is 14.3. The molecule has 0 radical (unpaired) electrons. The lowest BCUT2D eigenvalue weighted by molar-refractivity contribution is 0.463. The number of rotatable bonds is 1. The molecule has 6 heteroatoms. The third-order valence-corrected chi connectivity index (χ3v) is 5.00. The molecule has 4 N–H and O–H groups in total. The van der Waals surface area contributed by atoms with Gasteiger partial charge in [0.25, 0.3) is 0 Å². The van der Waals surface area contributed by atoms with Gasteiger partial charge in [-0.3, -0.25) is 0 Å². The third-order valence-electron chi connectivity index (χ3n) is 3.55. The minimum atomic E-state index is -0.356. The van der Waals surface area contributed by atoms with Gasteiger partial charge in [0, 0.05) is 17.3 Å². The largest absolute Gasteiger partial charge is 0.398 e. The van der Waals surface area contributed by atoms with Crippen LogP contribution in [-0.4, -0.2) is 17.2 Å². The van der Waals surface area contributed by atoms with Crippen LogP contribution in [0.4, 0.5) is 0 Å². The number of fused-ring (bicyclic) bond motifs is 1. The Morgan fingerprint density at radius 3 is 2.80 bits per heavy atom. The number of hydrogen-bond donors (Lipinski definition) is 2. The van der Waals surface area contributed by atoms with E-state index in [4.69, 9.17) is 23.1 Å². The predicted octanol–water partition coefficient (Wildman–Crippen LogP) is 2.31. The first kappa shape index (κ1) is 13.2. The first-order chi connectivity index (χ1) is 9.65. The second kappa shape index (κ2) is 4.97. The van der Waals surface area contributed by atoms with Crippen LogP contribution in [0.25, 0.3) is 0 Å². The fourth-order valence-electron chi connectivity index (χ4n) is 2.59. The molecule has 2 heterocycles. The standard InChI is InChI=1S/C14H13ClN4S/c15-10-4-2-1-3-8(10)11-9(7-16)14-19(5-6-20-14)13(18)12(11)17/h1-4,11H,5-6,17-18H2. The molecule has 1 atom stereocenters. The van der Waals surface area contributed by atoms with Crippen molar-refractivity contribution in [1.29, 1.82) is 5.26 Å². The minimum Gasteiger partial charge on any atom is -0.398 e. The Morgan fingerprint density at radius 2 is 2.10 bits per heavy atom. The number of halogens is 1. The number of nitriles is 1. The molecule has 3 rings (SSSR count). The van der Waals surface area contributed by atoms with Crippen molar-refractivity contribution in [3.8, 4) is 6.07 Å². The molecule has 2 aliphatic rings. The van der Waals surface area contributed by atoms with E-state index in [0.717, 1.165) is 22.9 Å². The summed E-state index contributed by atoms with van der Waals surface area (Å²) in [4.78, 5) is 1.92. The van der Waals surface area contributed by atoms with E-state index < -0.39 is 0 Å². The third kappa shape index (κ3) is 1.84. The number of benzene rings is 1. The first-order valence-corrected chi connectivity index (χ1v) is 7.55. The van der Waals surface area contributed by atoms with Crippen LogP contribution < -0.4 is 11.5 Å². The van der Waals surface area contributed by atoms with Gasteiger partial charge in [0.15, 0.2) is 0 Å². The number of allylic oxidation sites excluding steroid dienone is 1. The van der Waals surface area contributed by atoms with Crippen LogP contribution in [0, 0.1) is 11.3 Å². The maximum atomic E-state index is 9.55. The minimum absolute atomic E-state index is 0.356. The molecule has 1 aromatic rings. The van der Waals surface area contributed by atoms with E-state index in [1.54, 1.807) is 17.8 Å². The summed E-state index contributed by atoms with van der Waals surface area (Å²) in [6.45, 7) is 0.785. The highest BCUT2D eigenvalue weighted by atomic mass is 35.5. The van der Waals surface area contributed by atoms with Gasteiger partial charge in [-0.1, -0.05) is 29.8 Å². The predicted molar refractivity (Wildman–Crippen MR) is 81.4 cm³/mol. The topological polar surface area (TPSA) is 79.1 Å². The van der Waals surface area contributed by atoms with Crippen molar-refractivity contribution < 1.29 is 0 Å². The molecular weight excluding hydrogens is 292 g/mol. The average Bonchev–Trinajstić information content (AvgIpc) is 2.93. The van der Waals surface area contributed by atoms with Crippen molar-refractivity contribution in [2.45, 2.75) is 5.92 Å². The lowest BCUT2D eigenvalue weighted by Crippen LogP contribution is -2.34. The molecule has 1 unspecified atom stereocenters. The molecule has 1 aromatic carbocycles. The molecule has 0 amide bonds. The van der Waals surface area contributed by atoms with Crippen molar-refractivity contribution in [2.75, 3.05) is 12.3 Å². The number of hydrogen-bond acceptors (Lipinski definition) is 5. The summed E-state index contributed by atoms with van der Waals surface area (Å²) in [5.41, 5.74) is 14.3. The number of nitrogens with zero attached hydrogens (tertiary/aromatic N) is 2. The van der Waals surface area contributed by atoms with Gasteiger partial charge < -0.3 is 16.4 Å². The Labute approximate surface area is 126 Å². The van der Waals surface area contributed by atoms with Gasteiger partial charge in [-0.2, -0.15) is 5.26 Å². The molecule has 4 nitrogen and oxygen atoms in total. The number of thioether (sulfide) groups is 1. The Bertz CT molecular complexity index is 674. The van der Waals surface area contributed by atoms with Gasteiger partial charge in [0.05, 0.1) is 28.3 Å². The molecule has 20 heavy (non-hydrogen) atoms. The lowest BCUT2D eigenvalue weighted by Gasteiger charge is -2.32. The highest BCUT2D eigenvalue weighted by Crippen LogP contribution is 2.45. The van der Waals surface area contributed by atoms with Crippen LogP contribution in [0.15, 0.2) is 46.4 Å². The Hall–Kier alpha value is -1.77. The Balaban J connectivity index is 2.21. The summed E-state index contributed by atoms with van der Waals surface area (Å²) >= 11 is 7.90. The first-order valence-electron chi connectivity index (χ1n) is 6.19. The van der Waals surface area contributed by atoms with Crippen LogP contribution in [0.2, 0.25) is 5.02 Å². The molecule has 0 aromatic heterocycles. The highest BCUT2D eigenvalue weighted by Gasteiger charge is 2.37. The summed E-state index contributed by atoms with van der Waals surface area (Å²) in [6, 6.07) is 9.72. The van der Waals surface area contributed by atoms with Gasteiger partial charge in [-0.15, -0.1) is 11.8 Å². The summed E-state index contributed by atoms with van der Waals surface area (Å²) in [7, 11) is 0. The van der Waals surface area contributed by atoms with Crippen molar-refractivity contribution in [3.63, 3.8) is 0 Å². The Morgan fingerprint density at radius 1 is 1.35 bits per heavy atom. The van der Waals surface area contributed by atoms with E-state index in [0.29, 0.717) is 22.1 Å². The normalized spacial score (nSPS) is 22.0. The second-order valence-corrected chi connectivity index (χ2v) is 6.12. The van der Waals surface area contributed by atoms with Gasteiger partial charge >= 0.3 is 0 Å². The molecule has 0 spiro atoms. The van der Waals surface area contributed by atoms with E-state index in [1.165, 1.54) is 0 Å². The van der Waals surface area contributed by atoms with Crippen LogP contribution in [-0.2, 0) is 0 Å². The Kier molecular flexibility index (Phi) is 3.28. The van der Waals surface area contributed by atoms with Gasteiger partial charge in [0.1, 0.15) is 5.82 Å². The van der Waals surface area contributed by atoms with Gasteiger partial charge in [0.2, 0.25) is 0 Å². The maximum Gasteiger partial charge on any atom is 0.124 e. The lowest BCUT2D eigenvalue weighted by atomic mass is 9.87. The van der Waals surface area contributed by atoms with E-state index in [-0.39, 0.29) is 5.92 Å². The summed E-state index contributed by atoms with van der Waals surface area (Å²) in [5.74, 6) is 1.09. The molecule has 0 bridgehead atoms. The summed E-state index contributed by atoms with van der Waals surface area (Å²) < 4.78 is 0. The van der Waals surface area contributed by atoms with E-state index >= 15 is 0 Å². The van der Waals surface area contributed by atoms with E-state index in [1.807, 2.05) is 23.1 Å². The molecular formula is C14H13ClN4S. The maximum absolute atomic E-state index is 9.55. The monoisotopic (exact) mass is 304 g/mol. The summed E-state index contributed by atoms with van der Waals surface area (Å²) in [6.07, 6.45) is 0. The molecule has 2 aliphatic heterocycles. The quantitative estimate of drug-likeness (QED) is 0.832. The van der Waals surface area contributed by atoms with E-state index in [2.05, 4.69) is 6.07 Å². The van der Waals surface area contributed by atoms with Crippen molar-refractivity contribution in [2.24, 2.45) is 11.5 Å². The zero-order valence-corrected chi connectivity index (χ0v) is 12.2.